The van der Waals surface area contributed by atoms with Crippen molar-refractivity contribution in [2.75, 3.05) is 37.8 Å². The summed E-state index contributed by atoms with van der Waals surface area (Å²) in [6.45, 7) is -0.0574. The number of carbonyl (C=O) groups excluding carboxylic acids is 5. The molecule has 0 spiro atoms. The molecule has 1 fully saturated rings. The molecule has 27 nitrogen and oxygen atoms in total. The van der Waals surface area contributed by atoms with Gasteiger partial charge >= 0.3 is 23.5 Å². The highest BCUT2D eigenvalue weighted by molar-refractivity contribution is 8.15. The lowest BCUT2D eigenvalue weighted by atomic mass is 9.87. The minimum absolute atomic E-state index is 0.0106. The number of ketones is 1. The molecule has 320 valence electrons. The number of rotatable bonds is 23. The monoisotopic (exact) mass is 894 g/mol. The number of fused-ring (bicyclic) bond motifs is 1. The molecule has 0 saturated carbocycles. The number of carboxylic acid groups (broad SMARTS) is 1. The number of aliphatic hydroxyl groups is 2. The van der Waals surface area contributed by atoms with E-state index in [0.717, 1.165) is 17.2 Å². The van der Waals surface area contributed by atoms with Gasteiger partial charge in [0.2, 0.25) is 17.6 Å². The Bertz CT molecular complexity index is 1950. The molecule has 2 aromatic heterocycles. The van der Waals surface area contributed by atoms with E-state index in [-0.39, 0.29) is 42.2 Å². The molecule has 1 aliphatic rings. The van der Waals surface area contributed by atoms with E-state index in [9.17, 15) is 72.6 Å². The van der Waals surface area contributed by atoms with Gasteiger partial charge in [0, 0.05) is 43.1 Å². The molecule has 31 heteroatoms. The van der Waals surface area contributed by atoms with Crippen LogP contribution in [0.5, 0.6) is 0 Å². The summed E-state index contributed by atoms with van der Waals surface area (Å²) < 4.78 is 61.9. The van der Waals surface area contributed by atoms with Gasteiger partial charge in [0.05, 0.1) is 19.5 Å². The smallest absolute Gasteiger partial charge is 0.481 e. The van der Waals surface area contributed by atoms with Gasteiger partial charge in [0.25, 0.3) is 5.12 Å². The SMILES string of the molecule is CC(C)(COP(=O)(O)OP(=O)(O)OCC1OC(n2cnc3c(N)ncnc32)C(O)C1OP(=O)(O)O)C(O)C(=O)NCCC(=O)NCCSC(=O)C(=O)CCC(=O)[O-]. The highest BCUT2D eigenvalue weighted by atomic mass is 32.2. The van der Waals surface area contributed by atoms with Gasteiger partial charge < -0.3 is 60.8 Å². The van der Waals surface area contributed by atoms with E-state index in [1.54, 1.807) is 0 Å². The molecule has 7 unspecified atom stereocenters. The summed E-state index contributed by atoms with van der Waals surface area (Å²) >= 11 is 0.567. The van der Waals surface area contributed by atoms with Crippen LogP contribution in [-0.2, 0) is 60.3 Å². The molecule has 0 radical (unpaired) electrons. The first-order valence-electron chi connectivity index (χ1n) is 16.1. The Morgan fingerprint density at radius 1 is 1.02 bits per heavy atom. The standard InChI is InChI=1S/C26H40N7O20P3S/c1-26(2,20(39)23(40)29-6-5-15(35)28-7-8-57-25(41)13(34)3-4-16(36)37)10-50-56(47,48)53-55(45,46)49-9-14-19(52-54(42,43)44)18(38)24(51-14)33-12-32-17-21(27)30-11-31-22(17)33/h11-12,14,18-20,24,38-39H,3-10H2,1-2H3,(H,28,35)(H,29,40)(H,36,37)(H,45,46)(H,47,48)(H2,27,30,31)(H2,42,43,44)/p-1. The highest BCUT2D eigenvalue weighted by Gasteiger charge is 2.50. The fraction of sp³-hybridized carbons (Fsp3) is 0.615. The van der Waals surface area contributed by atoms with Crippen molar-refractivity contribution >= 4 is 80.9 Å². The maximum Gasteiger partial charge on any atom is 0.481 e. The number of nitrogen functional groups attached to an aromatic ring is 1. The summed E-state index contributed by atoms with van der Waals surface area (Å²) in [5.41, 5.74) is 4.15. The lowest BCUT2D eigenvalue weighted by molar-refractivity contribution is -0.305. The van der Waals surface area contributed by atoms with Crippen LogP contribution in [0.15, 0.2) is 12.7 Å². The topological polar surface area (TPSA) is 421 Å². The maximum atomic E-state index is 12.7. The predicted octanol–water partition coefficient (Wildman–Crippen LogP) is -3.24. The summed E-state index contributed by atoms with van der Waals surface area (Å²) in [6.07, 6.45) is -8.36. The number of hydrogen-bond donors (Lipinski definition) is 9. The average Bonchev–Trinajstić information content (AvgIpc) is 3.66. The van der Waals surface area contributed by atoms with Crippen molar-refractivity contribution in [1.82, 2.24) is 30.2 Å². The minimum Gasteiger partial charge on any atom is -0.550 e. The maximum absolute atomic E-state index is 12.7. The van der Waals surface area contributed by atoms with E-state index in [0.29, 0.717) is 11.8 Å². The van der Waals surface area contributed by atoms with Gasteiger partial charge in [0.15, 0.2) is 17.7 Å². The molecule has 57 heavy (non-hydrogen) atoms. The molecule has 0 bridgehead atoms. The van der Waals surface area contributed by atoms with Crippen LogP contribution in [0.25, 0.3) is 11.2 Å². The van der Waals surface area contributed by atoms with Crippen molar-refractivity contribution in [3.8, 4) is 0 Å². The summed E-state index contributed by atoms with van der Waals surface area (Å²) in [7, 11) is -16.5. The second-order valence-electron chi connectivity index (χ2n) is 12.5. The number of thioether (sulfide) groups is 1. The number of phosphoric acid groups is 3. The second kappa shape index (κ2) is 20.1. The number of hydrogen-bond acceptors (Lipinski definition) is 21. The molecule has 3 heterocycles. The number of ether oxygens (including phenoxy) is 1. The Kier molecular flexibility index (Phi) is 17.0. The number of nitrogens with two attached hydrogens (primary N) is 1. The molecule has 1 saturated heterocycles. The molecule has 0 aromatic carbocycles. The van der Waals surface area contributed by atoms with E-state index in [2.05, 4.69) is 34.4 Å². The van der Waals surface area contributed by atoms with Gasteiger partial charge in [-0.25, -0.2) is 28.6 Å². The third-order valence-corrected chi connectivity index (χ3v) is 11.5. The zero-order valence-corrected chi connectivity index (χ0v) is 33.2. The third-order valence-electron chi connectivity index (χ3n) is 7.52. The van der Waals surface area contributed by atoms with Crippen LogP contribution in [0.4, 0.5) is 5.82 Å². The molecule has 3 rings (SSSR count). The quantitative estimate of drug-likeness (QED) is 0.0301. The Hall–Kier alpha value is -3.30. The van der Waals surface area contributed by atoms with E-state index in [4.69, 9.17) is 19.5 Å². The number of aliphatic carboxylic acids is 1. The number of carboxylic acids is 1. The van der Waals surface area contributed by atoms with E-state index in [1.807, 2.05) is 0 Å². The minimum atomic E-state index is -5.60. The lowest BCUT2D eigenvalue weighted by Gasteiger charge is -2.30. The number of carbonyl (C=O) groups is 5. The number of Topliss-reactive ketones (excluding diaryl/α,β-unsaturated/α-hetero) is 1. The van der Waals surface area contributed by atoms with Gasteiger partial charge in [-0.05, 0) is 6.42 Å². The van der Waals surface area contributed by atoms with Crippen molar-refractivity contribution in [2.45, 2.75) is 63.8 Å². The fourth-order valence-electron chi connectivity index (χ4n) is 4.67. The van der Waals surface area contributed by atoms with E-state index >= 15 is 0 Å². The second-order valence-corrected chi connectivity index (χ2v) is 17.8. The Labute approximate surface area is 325 Å². The first kappa shape index (κ1) is 48.1. The van der Waals surface area contributed by atoms with Crippen LogP contribution in [-0.4, -0.2) is 134 Å². The Balaban J connectivity index is 1.47. The Morgan fingerprint density at radius 3 is 2.33 bits per heavy atom. The molecule has 1 aliphatic heterocycles. The summed E-state index contributed by atoms with van der Waals surface area (Å²) in [5, 5.41) is 35.5. The number of anilines is 1. The summed E-state index contributed by atoms with van der Waals surface area (Å²) in [6, 6.07) is 0. The molecule has 2 amide bonds. The van der Waals surface area contributed by atoms with Crippen LogP contribution in [0.1, 0.15) is 39.3 Å². The zero-order chi connectivity index (χ0) is 42.9. The van der Waals surface area contributed by atoms with Crippen LogP contribution >= 0.6 is 35.2 Å². The number of nitrogens with one attached hydrogen (secondary N) is 2. The van der Waals surface area contributed by atoms with Gasteiger partial charge in [-0.3, -0.25) is 37.3 Å². The van der Waals surface area contributed by atoms with Crippen molar-refractivity contribution in [1.29, 1.82) is 0 Å². The predicted molar refractivity (Wildman–Crippen MR) is 186 cm³/mol. The largest absolute Gasteiger partial charge is 0.550 e. The van der Waals surface area contributed by atoms with Gasteiger partial charge in [-0.1, -0.05) is 25.6 Å². The zero-order valence-electron chi connectivity index (χ0n) is 29.7. The fourth-order valence-corrected chi connectivity index (χ4v) is 8.15. The number of aromatic nitrogens is 4. The molecule has 10 N–H and O–H groups in total. The van der Waals surface area contributed by atoms with Gasteiger partial charge in [-0.15, -0.1) is 0 Å². The van der Waals surface area contributed by atoms with Crippen LogP contribution in [0, 0.1) is 5.41 Å². The Morgan fingerprint density at radius 2 is 1.68 bits per heavy atom. The number of amides is 2. The van der Waals surface area contributed by atoms with Crippen LogP contribution in [0.2, 0.25) is 0 Å². The number of aliphatic hydroxyl groups excluding tert-OH is 2. The van der Waals surface area contributed by atoms with Crippen molar-refractivity contribution in [3.63, 3.8) is 0 Å². The summed E-state index contributed by atoms with van der Waals surface area (Å²) in [5.74, 6) is -4.11. The van der Waals surface area contributed by atoms with E-state index in [1.165, 1.54) is 13.8 Å². The molecular weight excluding hydrogens is 855 g/mol. The molecule has 7 atom stereocenters. The van der Waals surface area contributed by atoms with Crippen molar-refractivity contribution < 1.29 is 95.2 Å². The van der Waals surface area contributed by atoms with Crippen molar-refractivity contribution in [2.24, 2.45) is 5.41 Å². The number of nitrogens with zero attached hydrogens (tertiary/aromatic N) is 4. The molecule has 0 aliphatic carbocycles. The molecular formula is C26H39N7O20P3S-. The average molecular weight is 895 g/mol. The first-order chi connectivity index (χ1) is 26.3. The summed E-state index contributed by atoms with van der Waals surface area (Å²) in [4.78, 5) is 109. The normalized spacial score (nSPS) is 21.3. The highest BCUT2D eigenvalue weighted by Crippen LogP contribution is 2.61. The van der Waals surface area contributed by atoms with Crippen molar-refractivity contribution in [3.05, 3.63) is 12.7 Å². The van der Waals surface area contributed by atoms with Crippen LogP contribution in [0.3, 0.4) is 0 Å². The van der Waals surface area contributed by atoms with Crippen LogP contribution < -0.4 is 21.5 Å². The van der Waals surface area contributed by atoms with Gasteiger partial charge in [-0.2, -0.15) is 4.31 Å². The molecule has 2 aromatic rings. The third kappa shape index (κ3) is 14.8. The van der Waals surface area contributed by atoms with E-state index < -0.39 is 114 Å². The number of imidazole rings is 1. The van der Waals surface area contributed by atoms with Gasteiger partial charge in [0.1, 0.15) is 36.3 Å². The first-order valence-corrected chi connectivity index (χ1v) is 21.6. The number of phosphoric ester groups is 3. The lowest BCUT2D eigenvalue weighted by Crippen LogP contribution is -2.46.